The summed E-state index contributed by atoms with van der Waals surface area (Å²) in [5.41, 5.74) is 3.08. The first-order valence-electron chi connectivity index (χ1n) is 11.7. The van der Waals surface area contributed by atoms with Gasteiger partial charge in [-0.2, -0.15) is 11.8 Å². The van der Waals surface area contributed by atoms with Crippen LogP contribution in [0.5, 0.6) is 0 Å². The lowest BCUT2D eigenvalue weighted by molar-refractivity contribution is 0.00248. The molecule has 3 aromatic rings. The Kier molecular flexibility index (Phi) is 7.36. The highest BCUT2D eigenvalue weighted by Gasteiger charge is 2.33. The van der Waals surface area contributed by atoms with Crippen molar-refractivity contribution in [3.05, 3.63) is 60.1 Å². The number of aromatic nitrogens is 1. The molecule has 2 aromatic heterocycles. The van der Waals surface area contributed by atoms with E-state index in [1.165, 1.54) is 0 Å². The molecule has 8 heteroatoms. The van der Waals surface area contributed by atoms with Gasteiger partial charge in [0.25, 0.3) is 0 Å². The van der Waals surface area contributed by atoms with Gasteiger partial charge in [-0.05, 0) is 25.0 Å². The van der Waals surface area contributed by atoms with E-state index in [9.17, 15) is 5.11 Å². The summed E-state index contributed by atoms with van der Waals surface area (Å²) in [6.45, 7) is 3.83. The maximum absolute atomic E-state index is 10.7. The van der Waals surface area contributed by atoms with Crippen molar-refractivity contribution in [2.24, 2.45) is 0 Å². The SMILES string of the molecule is O[C@H](COCc1ccco1)CN(Cc1c(-c2ccccc2)noc1N1CCSCC1)C1CC1. The average molecular weight is 470 g/mol. The van der Waals surface area contributed by atoms with Crippen molar-refractivity contribution in [1.82, 2.24) is 10.1 Å². The van der Waals surface area contributed by atoms with Crippen molar-refractivity contribution in [3.8, 4) is 11.3 Å². The summed E-state index contributed by atoms with van der Waals surface area (Å²) in [6.07, 6.45) is 3.37. The highest BCUT2D eigenvalue weighted by Crippen LogP contribution is 2.36. The number of thioether (sulfide) groups is 1. The van der Waals surface area contributed by atoms with Crippen LogP contribution in [0, 0.1) is 0 Å². The van der Waals surface area contributed by atoms with Gasteiger partial charge in [-0.1, -0.05) is 35.5 Å². The van der Waals surface area contributed by atoms with Gasteiger partial charge in [-0.3, -0.25) is 4.90 Å². The molecule has 33 heavy (non-hydrogen) atoms. The Morgan fingerprint density at radius 1 is 1.15 bits per heavy atom. The highest BCUT2D eigenvalue weighted by molar-refractivity contribution is 7.99. The number of hydrogen-bond donors (Lipinski definition) is 1. The third-order valence-corrected chi connectivity index (χ3v) is 7.06. The molecule has 1 N–H and O–H groups in total. The summed E-state index contributed by atoms with van der Waals surface area (Å²) >= 11 is 1.98. The smallest absolute Gasteiger partial charge is 0.232 e. The van der Waals surface area contributed by atoms with Gasteiger partial charge in [0, 0.05) is 49.3 Å². The van der Waals surface area contributed by atoms with Gasteiger partial charge in [0.2, 0.25) is 5.88 Å². The summed E-state index contributed by atoms with van der Waals surface area (Å²) in [5.74, 6) is 3.84. The third-order valence-electron chi connectivity index (χ3n) is 6.12. The molecule has 1 aliphatic heterocycles. The summed E-state index contributed by atoms with van der Waals surface area (Å²) in [4.78, 5) is 4.68. The van der Waals surface area contributed by atoms with Crippen LogP contribution >= 0.6 is 11.8 Å². The van der Waals surface area contributed by atoms with Gasteiger partial charge in [-0.15, -0.1) is 0 Å². The predicted octanol–water partition coefficient (Wildman–Crippen LogP) is 4.03. The van der Waals surface area contributed by atoms with Crippen LogP contribution in [0.15, 0.2) is 57.7 Å². The maximum Gasteiger partial charge on any atom is 0.232 e. The first kappa shape index (κ1) is 22.5. The molecular formula is C25H31N3O4S. The van der Waals surface area contributed by atoms with Crippen molar-refractivity contribution in [3.63, 3.8) is 0 Å². The number of benzene rings is 1. The van der Waals surface area contributed by atoms with Crippen molar-refractivity contribution < 1.29 is 18.8 Å². The number of ether oxygens (including phenoxy) is 1. The Morgan fingerprint density at radius 2 is 1.97 bits per heavy atom. The van der Waals surface area contributed by atoms with Gasteiger partial charge in [0.15, 0.2) is 0 Å². The molecule has 1 saturated heterocycles. The number of hydrogen-bond acceptors (Lipinski definition) is 8. The van der Waals surface area contributed by atoms with Gasteiger partial charge in [0.05, 0.1) is 24.5 Å². The molecule has 1 aliphatic carbocycles. The van der Waals surface area contributed by atoms with Crippen LogP contribution in [0.1, 0.15) is 24.2 Å². The second-order valence-corrected chi connectivity index (χ2v) is 9.91. The Labute approximate surface area is 198 Å². The lowest BCUT2D eigenvalue weighted by Crippen LogP contribution is -2.37. The van der Waals surface area contributed by atoms with Crippen LogP contribution in [0.3, 0.4) is 0 Å². The number of aliphatic hydroxyl groups is 1. The van der Waals surface area contributed by atoms with Crippen LogP contribution in [-0.4, -0.2) is 65.1 Å². The molecule has 2 aliphatic rings. The molecular weight excluding hydrogens is 438 g/mol. The van der Waals surface area contributed by atoms with E-state index in [0.717, 1.165) is 65.9 Å². The topological polar surface area (TPSA) is 75.1 Å². The van der Waals surface area contributed by atoms with Crippen molar-refractivity contribution in [2.45, 2.75) is 38.1 Å². The Morgan fingerprint density at radius 3 is 2.70 bits per heavy atom. The summed E-state index contributed by atoms with van der Waals surface area (Å²) < 4.78 is 16.9. The molecule has 0 spiro atoms. The van der Waals surface area contributed by atoms with E-state index in [1.54, 1.807) is 6.26 Å². The fraction of sp³-hybridized carbons (Fsp3) is 0.480. The monoisotopic (exact) mass is 469 g/mol. The Bertz CT molecular complexity index is 985. The molecule has 1 saturated carbocycles. The van der Waals surface area contributed by atoms with Crippen LogP contribution < -0.4 is 4.90 Å². The second kappa shape index (κ2) is 10.8. The van der Waals surface area contributed by atoms with Gasteiger partial charge in [0.1, 0.15) is 18.1 Å². The molecule has 0 unspecified atom stereocenters. The summed E-state index contributed by atoms with van der Waals surface area (Å²) in [7, 11) is 0. The first-order valence-corrected chi connectivity index (χ1v) is 12.8. The minimum atomic E-state index is -0.574. The number of anilines is 1. The van der Waals surface area contributed by atoms with Gasteiger partial charge < -0.3 is 23.7 Å². The predicted molar refractivity (Wildman–Crippen MR) is 129 cm³/mol. The van der Waals surface area contributed by atoms with E-state index < -0.39 is 6.10 Å². The molecule has 1 aromatic carbocycles. The number of nitrogens with zero attached hydrogens (tertiary/aromatic N) is 3. The van der Waals surface area contributed by atoms with Crippen LogP contribution in [0.4, 0.5) is 5.88 Å². The lowest BCUT2D eigenvalue weighted by atomic mass is 10.1. The molecule has 5 rings (SSSR count). The minimum absolute atomic E-state index is 0.273. The zero-order valence-electron chi connectivity index (χ0n) is 18.8. The molecule has 7 nitrogen and oxygen atoms in total. The van der Waals surface area contributed by atoms with Crippen molar-refractivity contribution >= 4 is 17.6 Å². The number of rotatable bonds is 11. The Balaban J connectivity index is 1.31. The zero-order valence-corrected chi connectivity index (χ0v) is 19.6. The van der Waals surface area contributed by atoms with E-state index in [4.69, 9.17) is 13.7 Å². The van der Waals surface area contributed by atoms with E-state index in [1.807, 2.05) is 42.1 Å². The fourth-order valence-electron chi connectivity index (χ4n) is 4.28. The molecule has 1 atom stereocenters. The van der Waals surface area contributed by atoms with E-state index in [-0.39, 0.29) is 6.61 Å². The minimum Gasteiger partial charge on any atom is -0.467 e. The Hall–Kier alpha value is -2.26. The normalized spacial score (nSPS) is 17.6. The third kappa shape index (κ3) is 5.81. The van der Waals surface area contributed by atoms with Crippen molar-refractivity contribution in [1.29, 1.82) is 0 Å². The fourth-order valence-corrected chi connectivity index (χ4v) is 5.18. The largest absolute Gasteiger partial charge is 0.467 e. The molecule has 3 heterocycles. The highest BCUT2D eigenvalue weighted by atomic mass is 32.2. The van der Waals surface area contributed by atoms with Gasteiger partial charge in [-0.25, -0.2) is 0 Å². The summed E-state index contributed by atoms with van der Waals surface area (Å²) in [5, 5.41) is 15.2. The van der Waals surface area contributed by atoms with Gasteiger partial charge >= 0.3 is 0 Å². The zero-order chi connectivity index (χ0) is 22.5. The molecule has 176 valence electrons. The van der Waals surface area contributed by atoms with Crippen molar-refractivity contribution in [2.75, 3.05) is 42.6 Å². The number of aliphatic hydroxyl groups excluding tert-OH is 1. The molecule has 0 bridgehead atoms. The van der Waals surface area contributed by atoms with Crippen LogP contribution in [0.25, 0.3) is 11.3 Å². The maximum atomic E-state index is 10.7. The number of furan rings is 1. The second-order valence-electron chi connectivity index (χ2n) is 8.69. The van der Waals surface area contributed by atoms with Crippen LogP contribution in [-0.2, 0) is 17.9 Å². The van der Waals surface area contributed by atoms with E-state index in [0.29, 0.717) is 25.7 Å². The van der Waals surface area contributed by atoms with Crippen LogP contribution in [0.2, 0.25) is 0 Å². The summed E-state index contributed by atoms with van der Waals surface area (Å²) in [6, 6.07) is 14.4. The van der Waals surface area contributed by atoms with E-state index in [2.05, 4.69) is 27.1 Å². The van der Waals surface area contributed by atoms with E-state index >= 15 is 0 Å². The quantitative estimate of drug-likeness (QED) is 0.451. The first-order chi connectivity index (χ1) is 16.3. The molecule has 2 fully saturated rings. The lowest BCUT2D eigenvalue weighted by Gasteiger charge is -2.29. The standard InChI is InChI=1S/C25H31N3O4S/c29-21(17-30-18-22-7-4-12-31-22)15-28(20-8-9-20)16-23-24(19-5-2-1-3-6-19)26-32-25(23)27-10-13-33-14-11-27/h1-7,12,20-21,29H,8-11,13-18H2/t21-/m0/s1. The molecule has 0 radical (unpaired) electrons. The average Bonchev–Trinajstić information content (AvgIpc) is 3.41. The molecule has 0 amide bonds.